The maximum atomic E-state index is 11.5. The van der Waals surface area contributed by atoms with Gasteiger partial charge in [0.2, 0.25) is 0 Å². The predicted molar refractivity (Wildman–Crippen MR) is 72.0 cm³/mol. The molecule has 1 aromatic carbocycles. The summed E-state index contributed by atoms with van der Waals surface area (Å²) in [4.78, 5) is 11.5. The van der Waals surface area contributed by atoms with Gasteiger partial charge in [0.05, 0.1) is 7.11 Å². The highest BCUT2D eigenvalue weighted by molar-refractivity contribution is 9.10. The number of ether oxygens (including phenoxy) is 3. The predicted octanol–water partition coefficient (Wildman–Crippen LogP) is 3.18. The van der Waals surface area contributed by atoms with Crippen molar-refractivity contribution in [3.63, 3.8) is 0 Å². The van der Waals surface area contributed by atoms with E-state index < -0.39 is 11.6 Å². The monoisotopic (exact) mass is 316 g/mol. The maximum absolute atomic E-state index is 11.5. The number of halogens is 1. The van der Waals surface area contributed by atoms with Crippen LogP contribution in [0.1, 0.15) is 20.8 Å². The number of carbonyl (C=O) groups excluding carboxylic acids is 1. The minimum Gasteiger partial charge on any atom is -0.495 e. The Hall–Kier alpha value is -1.23. The summed E-state index contributed by atoms with van der Waals surface area (Å²) in [5.74, 6) is 0.786. The van der Waals surface area contributed by atoms with E-state index in [1.807, 2.05) is 20.8 Å². The first-order valence-electron chi connectivity index (χ1n) is 5.50. The highest BCUT2D eigenvalue weighted by Crippen LogP contribution is 2.33. The fourth-order valence-electron chi connectivity index (χ4n) is 1.27. The third-order valence-electron chi connectivity index (χ3n) is 1.91. The van der Waals surface area contributed by atoms with Crippen LogP contribution in [0.2, 0.25) is 0 Å². The van der Waals surface area contributed by atoms with Crippen LogP contribution in [-0.4, -0.2) is 25.3 Å². The van der Waals surface area contributed by atoms with Gasteiger partial charge in [0, 0.05) is 0 Å². The Morgan fingerprint density at radius 3 is 2.44 bits per heavy atom. The molecule has 0 aliphatic carbocycles. The minimum atomic E-state index is -0.508. The van der Waals surface area contributed by atoms with Crippen LogP contribution < -0.4 is 9.47 Å². The van der Waals surface area contributed by atoms with E-state index in [1.54, 1.807) is 25.3 Å². The van der Waals surface area contributed by atoms with Gasteiger partial charge < -0.3 is 14.2 Å². The Balaban J connectivity index is 2.61. The average Bonchev–Trinajstić information content (AvgIpc) is 2.25. The summed E-state index contributed by atoms with van der Waals surface area (Å²) in [5.41, 5.74) is -0.508. The van der Waals surface area contributed by atoms with Crippen molar-refractivity contribution < 1.29 is 19.0 Å². The fourth-order valence-corrected chi connectivity index (χ4v) is 1.81. The Kier molecular flexibility index (Phi) is 5.02. The van der Waals surface area contributed by atoms with Gasteiger partial charge in [-0.15, -0.1) is 0 Å². The lowest BCUT2D eigenvalue weighted by atomic mass is 10.2. The molecule has 4 nitrogen and oxygen atoms in total. The zero-order chi connectivity index (χ0) is 13.8. The van der Waals surface area contributed by atoms with Crippen molar-refractivity contribution in [1.82, 2.24) is 0 Å². The van der Waals surface area contributed by atoms with Crippen molar-refractivity contribution in [2.24, 2.45) is 0 Å². The van der Waals surface area contributed by atoms with Crippen LogP contribution in [0, 0.1) is 0 Å². The van der Waals surface area contributed by atoms with E-state index in [9.17, 15) is 4.79 Å². The normalized spacial score (nSPS) is 10.9. The molecule has 0 heterocycles. The van der Waals surface area contributed by atoms with Crippen molar-refractivity contribution in [3.05, 3.63) is 22.7 Å². The third-order valence-corrected chi connectivity index (χ3v) is 2.69. The number of hydrogen-bond acceptors (Lipinski definition) is 4. The second-order valence-electron chi connectivity index (χ2n) is 4.65. The molecule has 0 amide bonds. The largest absolute Gasteiger partial charge is 0.495 e. The maximum Gasteiger partial charge on any atom is 0.344 e. The molecule has 0 atom stereocenters. The lowest BCUT2D eigenvalue weighted by molar-refractivity contribution is -0.157. The van der Waals surface area contributed by atoms with Crippen LogP contribution in [0.3, 0.4) is 0 Å². The van der Waals surface area contributed by atoms with Crippen molar-refractivity contribution >= 4 is 21.9 Å². The Labute approximate surface area is 115 Å². The number of carbonyl (C=O) groups is 1. The van der Waals surface area contributed by atoms with Crippen molar-refractivity contribution in [2.45, 2.75) is 26.4 Å². The molecule has 100 valence electrons. The van der Waals surface area contributed by atoms with Gasteiger partial charge >= 0.3 is 5.97 Å². The molecule has 0 spiro atoms. The SMILES string of the molecule is COc1cccc(OCC(=O)OC(C)(C)C)c1Br. The lowest BCUT2D eigenvalue weighted by Crippen LogP contribution is -2.27. The van der Waals surface area contributed by atoms with Gasteiger partial charge in [-0.3, -0.25) is 0 Å². The molecule has 0 aromatic heterocycles. The van der Waals surface area contributed by atoms with E-state index >= 15 is 0 Å². The molecular weight excluding hydrogens is 300 g/mol. The molecule has 0 bridgehead atoms. The summed E-state index contributed by atoms with van der Waals surface area (Å²) in [7, 11) is 1.57. The van der Waals surface area contributed by atoms with Crippen molar-refractivity contribution in [3.8, 4) is 11.5 Å². The van der Waals surface area contributed by atoms with Crippen LogP contribution in [0.5, 0.6) is 11.5 Å². The fraction of sp³-hybridized carbons (Fsp3) is 0.462. The molecule has 0 unspecified atom stereocenters. The van der Waals surface area contributed by atoms with Gasteiger partial charge in [0.1, 0.15) is 21.6 Å². The van der Waals surface area contributed by atoms with E-state index in [1.165, 1.54) is 0 Å². The van der Waals surface area contributed by atoms with Crippen LogP contribution in [0.4, 0.5) is 0 Å². The molecular formula is C13H17BrO4. The zero-order valence-corrected chi connectivity index (χ0v) is 12.5. The molecule has 0 saturated heterocycles. The van der Waals surface area contributed by atoms with Gasteiger partial charge in [0.15, 0.2) is 6.61 Å². The molecule has 0 fully saturated rings. The van der Waals surface area contributed by atoms with Crippen molar-refractivity contribution in [1.29, 1.82) is 0 Å². The molecule has 0 aliphatic rings. The Morgan fingerprint density at radius 2 is 1.89 bits per heavy atom. The molecule has 0 aliphatic heterocycles. The third kappa shape index (κ3) is 4.56. The molecule has 18 heavy (non-hydrogen) atoms. The zero-order valence-electron chi connectivity index (χ0n) is 11.0. The van der Waals surface area contributed by atoms with E-state index in [0.29, 0.717) is 16.0 Å². The summed E-state index contributed by atoms with van der Waals surface area (Å²) < 4.78 is 16.3. The van der Waals surface area contributed by atoms with E-state index in [2.05, 4.69) is 15.9 Å². The number of benzene rings is 1. The van der Waals surface area contributed by atoms with Crippen molar-refractivity contribution in [2.75, 3.05) is 13.7 Å². The molecule has 0 radical (unpaired) electrons. The number of rotatable bonds is 4. The summed E-state index contributed by atoms with van der Waals surface area (Å²) in [5, 5.41) is 0. The van der Waals surface area contributed by atoms with Crippen LogP contribution in [-0.2, 0) is 9.53 Å². The highest BCUT2D eigenvalue weighted by Gasteiger charge is 2.17. The molecule has 5 heteroatoms. The smallest absolute Gasteiger partial charge is 0.344 e. The van der Waals surface area contributed by atoms with Gasteiger partial charge in [-0.1, -0.05) is 6.07 Å². The second-order valence-corrected chi connectivity index (χ2v) is 5.44. The first-order valence-corrected chi connectivity index (χ1v) is 6.30. The summed E-state index contributed by atoms with van der Waals surface area (Å²) >= 11 is 3.35. The second kappa shape index (κ2) is 6.09. The van der Waals surface area contributed by atoms with E-state index in [-0.39, 0.29) is 6.61 Å². The van der Waals surface area contributed by atoms with Crippen LogP contribution in [0.15, 0.2) is 22.7 Å². The highest BCUT2D eigenvalue weighted by atomic mass is 79.9. The van der Waals surface area contributed by atoms with Gasteiger partial charge in [-0.2, -0.15) is 0 Å². The van der Waals surface area contributed by atoms with E-state index in [0.717, 1.165) is 0 Å². The molecule has 1 rings (SSSR count). The standard InChI is InChI=1S/C13H17BrO4/c1-13(2,3)18-11(15)8-17-10-7-5-6-9(16-4)12(10)14/h5-7H,8H2,1-4H3. The first kappa shape index (κ1) is 14.8. The van der Waals surface area contributed by atoms with Gasteiger partial charge in [-0.25, -0.2) is 4.79 Å². The topological polar surface area (TPSA) is 44.8 Å². The lowest BCUT2D eigenvalue weighted by Gasteiger charge is -2.19. The molecule has 0 N–H and O–H groups in total. The molecule has 0 saturated carbocycles. The van der Waals surface area contributed by atoms with Gasteiger partial charge in [0.25, 0.3) is 0 Å². The molecule has 1 aromatic rings. The number of hydrogen-bond donors (Lipinski definition) is 0. The van der Waals surface area contributed by atoms with Crippen LogP contribution >= 0.6 is 15.9 Å². The number of methoxy groups -OCH3 is 1. The minimum absolute atomic E-state index is 0.136. The Morgan fingerprint density at radius 1 is 1.28 bits per heavy atom. The first-order chi connectivity index (χ1) is 8.33. The number of esters is 1. The average molecular weight is 317 g/mol. The Bertz CT molecular complexity index is 423. The van der Waals surface area contributed by atoms with E-state index in [4.69, 9.17) is 14.2 Å². The summed E-state index contributed by atoms with van der Waals surface area (Å²) in [6, 6.07) is 5.33. The van der Waals surface area contributed by atoms with Gasteiger partial charge in [-0.05, 0) is 48.8 Å². The summed E-state index contributed by atoms with van der Waals surface area (Å²) in [6.07, 6.45) is 0. The van der Waals surface area contributed by atoms with Crippen LogP contribution in [0.25, 0.3) is 0 Å². The quantitative estimate of drug-likeness (QED) is 0.800. The summed E-state index contributed by atoms with van der Waals surface area (Å²) in [6.45, 7) is 5.30.